The Morgan fingerprint density at radius 1 is 1.24 bits per heavy atom. The number of amides is 1. The molecule has 0 aliphatic carbocycles. The van der Waals surface area contributed by atoms with Crippen LogP contribution in [0, 0.1) is 0 Å². The number of aromatic nitrogens is 2. The normalized spacial score (nSPS) is 21.0. The second kappa shape index (κ2) is 6.28. The molecule has 1 atom stereocenters. The van der Waals surface area contributed by atoms with Gasteiger partial charge in [0.25, 0.3) is 6.01 Å². The minimum absolute atomic E-state index is 0.254. The van der Waals surface area contributed by atoms with Gasteiger partial charge in [-0.2, -0.15) is 4.98 Å². The first kappa shape index (κ1) is 15.8. The number of ether oxygens (including phenoxy) is 2. The van der Waals surface area contributed by atoms with Crippen LogP contribution in [-0.4, -0.2) is 61.6 Å². The Kier molecular flexibility index (Phi) is 3.96. The molecule has 2 saturated heterocycles. The maximum atomic E-state index is 10.9. The molecule has 4 heterocycles. The number of nitrogen functional groups attached to an aromatic ring is 1. The van der Waals surface area contributed by atoms with Crippen LogP contribution in [0.3, 0.4) is 0 Å². The molecular formula is C15H20N6O4. The molecule has 2 aliphatic rings. The first-order chi connectivity index (χ1) is 12.1. The van der Waals surface area contributed by atoms with Crippen LogP contribution in [0.1, 0.15) is 6.42 Å². The number of rotatable bonds is 3. The van der Waals surface area contributed by atoms with E-state index in [-0.39, 0.29) is 6.10 Å². The Bertz CT molecular complexity index is 788. The van der Waals surface area contributed by atoms with Crippen molar-refractivity contribution >= 4 is 34.8 Å². The van der Waals surface area contributed by atoms with Crippen LogP contribution in [0.15, 0.2) is 10.5 Å². The lowest BCUT2D eigenvalue weighted by atomic mass is 10.3. The largest absolute Gasteiger partial charge is 0.444 e. The van der Waals surface area contributed by atoms with Crippen LogP contribution in [0.2, 0.25) is 0 Å². The highest BCUT2D eigenvalue weighted by Gasteiger charge is 2.28. The summed E-state index contributed by atoms with van der Waals surface area (Å²) in [5.41, 5.74) is 12.8. The first-order valence-corrected chi connectivity index (χ1v) is 8.21. The lowest BCUT2D eigenvalue weighted by molar-refractivity contribution is 0.117. The van der Waals surface area contributed by atoms with E-state index in [9.17, 15) is 4.79 Å². The first-order valence-electron chi connectivity index (χ1n) is 8.21. The molecule has 0 bridgehead atoms. The third kappa shape index (κ3) is 3.12. The lowest BCUT2D eigenvalue weighted by Crippen LogP contribution is -2.36. The summed E-state index contributed by atoms with van der Waals surface area (Å²) < 4.78 is 16.2. The maximum absolute atomic E-state index is 10.9. The average Bonchev–Trinajstić information content (AvgIpc) is 3.20. The molecular weight excluding hydrogens is 328 g/mol. The summed E-state index contributed by atoms with van der Waals surface area (Å²) >= 11 is 0. The Morgan fingerprint density at radius 2 is 2.04 bits per heavy atom. The van der Waals surface area contributed by atoms with Crippen molar-refractivity contribution in [2.45, 2.75) is 12.5 Å². The van der Waals surface area contributed by atoms with Crippen LogP contribution in [-0.2, 0) is 9.47 Å². The molecule has 2 fully saturated rings. The van der Waals surface area contributed by atoms with Gasteiger partial charge in [-0.3, -0.25) is 0 Å². The topological polar surface area (TPSA) is 133 Å². The van der Waals surface area contributed by atoms with Crippen molar-refractivity contribution in [1.82, 2.24) is 9.97 Å². The van der Waals surface area contributed by atoms with Gasteiger partial charge in [-0.1, -0.05) is 0 Å². The van der Waals surface area contributed by atoms with Crippen molar-refractivity contribution in [3.63, 3.8) is 0 Å². The summed E-state index contributed by atoms with van der Waals surface area (Å²) in [5.74, 6) is 0.616. The van der Waals surface area contributed by atoms with Gasteiger partial charge in [0.2, 0.25) is 5.65 Å². The second-order valence-corrected chi connectivity index (χ2v) is 6.11. The van der Waals surface area contributed by atoms with Crippen molar-refractivity contribution in [2.75, 3.05) is 54.9 Å². The van der Waals surface area contributed by atoms with Gasteiger partial charge in [-0.15, -0.1) is 0 Å². The molecule has 10 heteroatoms. The second-order valence-electron chi connectivity index (χ2n) is 6.11. The number of nitrogens with two attached hydrogens (primary N) is 2. The smallest absolute Gasteiger partial charge is 0.404 e. The van der Waals surface area contributed by atoms with Gasteiger partial charge in [0.15, 0.2) is 11.4 Å². The summed E-state index contributed by atoms with van der Waals surface area (Å²) in [6, 6.07) is 2.26. The molecule has 2 aromatic rings. The Labute approximate surface area is 143 Å². The van der Waals surface area contributed by atoms with Gasteiger partial charge >= 0.3 is 6.09 Å². The monoisotopic (exact) mass is 348 g/mol. The quantitative estimate of drug-likeness (QED) is 0.804. The Morgan fingerprint density at radius 3 is 2.80 bits per heavy atom. The number of carbonyl (C=O) groups is 1. The highest BCUT2D eigenvalue weighted by Crippen LogP contribution is 2.31. The molecule has 134 valence electrons. The molecule has 4 rings (SSSR count). The number of morpholine rings is 1. The number of fused-ring (bicyclic) bond motifs is 1. The van der Waals surface area contributed by atoms with Crippen molar-refractivity contribution in [2.24, 2.45) is 5.73 Å². The maximum Gasteiger partial charge on any atom is 0.404 e. The number of primary amides is 1. The van der Waals surface area contributed by atoms with Crippen molar-refractivity contribution < 1.29 is 18.7 Å². The molecule has 1 amide bonds. The van der Waals surface area contributed by atoms with E-state index in [1.165, 1.54) is 0 Å². The summed E-state index contributed by atoms with van der Waals surface area (Å²) in [5, 5.41) is 0. The van der Waals surface area contributed by atoms with E-state index in [2.05, 4.69) is 9.97 Å². The minimum atomic E-state index is -0.769. The number of oxazole rings is 1. The molecule has 0 aromatic carbocycles. The molecule has 0 radical (unpaired) electrons. The summed E-state index contributed by atoms with van der Waals surface area (Å²) in [6.07, 6.45) is -0.342. The van der Waals surface area contributed by atoms with Gasteiger partial charge in [0, 0.05) is 32.1 Å². The molecule has 4 N–H and O–H groups in total. The SMILES string of the molecule is NC(=O)O[C@H]1CCN(c2nc3nc(N4CCOCC4)oc3cc2N)C1. The fourth-order valence-electron chi connectivity index (χ4n) is 3.18. The van der Waals surface area contributed by atoms with E-state index in [0.717, 1.165) is 13.1 Å². The van der Waals surface area contributed by atoms with Crippen LogP contribution in [0.5, 0.6) is 0 Å². The molecule has 2 aliphatic heterocycles. The van der Waals surface area contributed by atoms with Crippen LogP contribution in [0.4, 0.5) is 22.3 Å². The van der Waals surface area contributed by atoms with Gasteiger partial charge in [-0.25, -0.2) is 9.78 Å². The third-order valence-electron chi connectivity index (χ3n) is 4.39. The molecule has 25 heavy (non-hydrogen) atoms. The average molecular weight is 348 g/mol. The zero-order valence-corrected chi connectivity index (χ0v) is 13.7. The van der Waals surface area contributed by atoms with Crippen LogP contribution < -0.4 is 21.3 Å². The standard InChI is InChI=1S/C15H20N6O4/c16-10-7-11-12(19-15(25-11)20-3-5-23-6-4-20)18-13(10)21-2-1-9(8-21)24-14(17)22/h7,9H,1-6,8,16H2,(H2,17,22)/t9-/m0/s1. The van der Waals surface area contributed by atoms with Gasteiger partial charge in [0.05, 0.1) is 25.4 Å². The van der Waals surface area contributed by atoms with E-state index in [1.807, 2.05) is 9.80 Å². The number of hydrogen-bond acceptors (Lipinski definition) is 9. The van der Waals surface area contributed by atoms with E-state index in [4.69, 9.17) is 25.4 Å². The van der Waals surface area contributed by atoms with E-state index in [0.29, 0.717) is 61.5 Å². The number of anilines is 3. The number of nitrogens with zero attached hydrogens (tertiary/aromatic N) is 4. The predicted octanol–water partition coefficient (Wildman–Crippen LogP) is 0.316. The van der Waals surface area contributed by atoms with Crippen LogP contribution >= 0.6 is 0 Å². The molecule has 10 nitrogen and oxygen atoms in total. The van der Waals surface area contributed by atoms with E-state index in [1.54, 1.807) is 6.07 Å². The van der Waals surface area contributed by atoms with Gasteiger partial charge < -0.3 is 35.2 Å². The third-order valence-corrected chi connectivity index (χ3v) is 4.39. The van der Waals surface area contributed by atoms with Gasteiger partial charge in [-0.05, 0) is 0 Å². The van der Waals surface area contributed by atoms with Crippen LogP contribution in [0.25, 0.3) is 11.2 Å². The number of carbonyl (C=O) groups excluding carboxylic acids is 1. The highest BCUT2D eigenvalue weighted by atomic mass is 16.6. The number of hydrogen-bond donors (Lipinski definition) is 2. The predicted molar refractivity (Wildman–Crippen MR) is 90.5 cm³/mol. The zero-order chi connectivity index (χ0) is 17.4. The van der Waals surface area contributed by atoms with E-state index >= 15 is 0 Å². The summed E-state index contributed by atoms with van der Waals surface area (Å²) in [4.78, 5) is 23.9. The summed E-state index contributed by atoms with van der Waals surface area (Å²) in [7, 11) is 0. The fourth-order valence-corrected chi connectivity index (χ4v) is 3.18. The molecule has 0 saturated carbocycles. The van der Waals surface area contributed by atoms with E-state index < -0.39 is 6.09 Å². The fraction of sp³-hybridized carbons (Fsp3) is 0.533. The highest BCUT2D eigenvalue weighted by molar-refractivity contribution is 5.80. The summed E-state index contributed by atoms with van der Waals surface area (Å²) in [6.45, 7) is 3.93. The van der Waals surface area contributed by atoms with Gasteiger partial charge in [0.1, 0.15) is 6.10 Å². The zero-order valence-electron chi connectivity index (χ0n) is 13.7. The molecule has 2 aromatic heterocycles. The Hall–Kier alpha value is -2.75. The molecule has 0 unspecified atom stereocenters. The van der Waals surface area contributed by atoms with Crippen molar-refractivity contribution in [1.29, 1.82) is 0 Å². The molecule has 0 spiro atoms. The Balaban J connectivity index is 1.58. The van der Waals surface area contributed by atoms with Crippen molar-refractivity contribution in [3.8, 4) is 0 Å². The van der Waals surface area contributed by atoms with Crippen molar-refractivity contribution in [3.05, 3.63) is 6.07 Å². The number of pyridine rings is 1. The lowest BCUT2D eigenvalue weighted by Gasteiger charge is -2.24. The minimum Gasteiger partial charge on any atom is -0.444 e.